The molecule has 0 saturated heterocycles. The zero-order valence-corrected chi connectivity index (χ0v) is 18.0. The van der Waals surface area contributed by atoms with E-state index in [0.29, 0.717) is 28.1 Å². The van der Waals surface area contributed by atoms with Crippen LogP contribution in [0.25, 0.3) is 22.4 Å². The van der Waals surface area contributed by atoms with Crippen LogP contribution in [0.1, 0.15) is 15.9 Å². The molecule has 1 heterocycles. The Bertz CT molecular complexity index is 1440. The van der Waals surface area contributed by atoms with Gasteiger partial charge >= 0.3 is 0 Å². The quantitative estimate of drug-likeness (QED) is 0.228. The maximum Gasteiger partial charge on any atom is 0.261 e. The molecule has 0 aliphatic rings. The number of carbonyl (C=O) groups excluding carboxylic acids is 1. The number of amides is 1. The number of hydrazone groups is 1. The van der Waals surface area contributed by atoms with Crippen LogP contribution in [0.15, 0.2) is 93.6 Å². The lowest BCUT2D eigenvalue weighted by atomic mass is 10.0. The Morgan fingerprint density at radius 3 is 2.48 bits per heavy atom. The Morgan fingerprint density at radius 2 is 1.76 bits per heavy atom. The van der Waals surface area contributed by atoms with Crippen molar-refractivity contribution in [3.63, 3.8) is 0 Å². The van der Waals surface area contributed by atoms with Crippen molar-refractivity contribution >= 4 is 27.8 Å². The average Bonchev–Trinajstić information content (AvgIpc) is 3.30. The van der Waals surface area contributed by atoms with Gasteiger partial charge in [-0.1, -0.05) is 53.7 Å². The van der Waals surface area contributed by atoms with Crippen molar-refractivity contribution in [2.45, 2.75) is 4.90 Å². The van der Waals surface area contributed by atoms with Gasteiger partial charge in [0.05, 0.1) is 11.1 Å². The van der Waals surface area contributed by atoms with Crippen LogP contribution in [-0.4, -0.2) is 25.7 Å². The third-order valence-corrected chi connectivity index (χ3v) is 5.81. The van der Waals surface area contributed by atoms with Gasteiger partial charge in [-0.05, 0) is 35.4 Å². The molecule has 0 bridgehead atoms. The van der Waals surface area contributed by atoms with Gasteiger partial charge in [0.1, 0.15) is 17.5 Å². The van der Waals surface area contributed by atoms with Crippen LogP contribution < -0.4 is 16.3 Å². The summed E-state index contributed by atoms with van der Waals surface area (Å²) in [6, 6.07) is 20.3. The minimum absolute atomic E-state index is 0.0257. The fourth-order valence-electron chi connectivity index (χ4n) is 3.34. The van der Waals surface area contributed by atoms with Gasteiger partial charge in [-0.15, -0.1) is 0 Å². The van der Waals surface area contributed by atoms with Crippen LogP contribution in [0.2, 0.25) is 0 Å². The summed E-state index contributed by atoms with van der Waals surface area (Å²) in [7, 11) is -3.88. The number of anilines is 1. The molecule has 0 aliphatic heterocycles. The number of carbonyl (C=O) groups is 1. The molecule has 10 heteroatoms. The van der Waals surface area contributed by atoms with Crippen molar-refractivity contribution in [3.05, 3.63) is 90.2 Å². The summed E-state index contributed by atoms with van der Waals surface area (Å²) < 4.78 is 28.8. The average molecular weight is 462 g/mol. The normalized spacial score (nSPS) is 11.5. The van der Waals surface area contributed by atoms with Crippen LogP contribution in [0.3, 0.4) is 0 Å². The van der Waals surface area contributed by atoms with Gasteiger partial charge in [0.15, 0.2) is 0 Å². The number of hydrogen-bond acceptors (Lipinski definition) is 7. The lowest BCUT2D eigenvalue weighted by Crippen LogP contribution is -2.13. The highest BCUT2D eigenvalue weighted by molar-refractivity contribution is 7.89. The molecule has 9 nitrogen and oxygen atoms in total. The summed E-state index contributed by atoms with van der Waals surface area (Å²) >= 11 is 0. The molecule has 4 rings (SSSR count). The van der Waals surface area contributed by atoms with Gasteiger partial charge in [-0.3, -0.25) is 4.79 Å². The summed E-state index contributed by atoms with van der Waals surface area (Å²) in [5.74, 6) is 4.79. The number of nitrogens with one attached hydrogen (secondary N) is 1. The van der Waals surface area contributed by atoms with Crippen molar-refractivity contribution < 1.29 is 17.7 Å². The number of aromatic nitrogens is 1. The molecule has 0 fully saturated rings. The molecule has 0 unspecified atom stereocenters. The smallest absolute Gasteiger partial charge is 0.261 e. The van der Waals surface area contributed by atoms with E-state index in [1.807, 2.05) is 6.07 Å². The van der Waals surface area contributed by atoms with E-state index >= 15 is 0 Å². The number of rotatable bonds is 6. The SMILES string of the molecule is N/N=C/c1cccc(-c2nocc2C(=O)Nc2ccc(-c3ccccc3S(N)(=O)=O)cc2)c1. The zero-order chi connectivity index (χ0) is 23.4. The number of primary sulfonamides is 1. The van der Waals surface area contributed by atoms with E-state index < -0.39 is 15.9 Å². The van der Waals surface area contributed by atoms with E-state index in [-0.39, 0.29) is 10.5 Å². The van der Waals surface area contributed by atoms with E-state index in [1.165, 1.54) is 18.5 Å². The first kappa shape index (κ1) is 21.9. The summed E-state index contributed by atoms with van der Waals surface area (Å²) in [5, 5.41) is 15.6. The zero-order valence-electron chi connectivity index (χ0n) is 17.2. The molecule has 3 aromatic carbocycles. The number of sulfonamides is 1. The molecule has 1 amide bonds. The number of benzene rings is 3. The Labute approximate surface area is 189 Å². The number of nitrogens with zero attached hydrogens (tertiary/aromatic N) is 2. The minimum Gasteiger partial charge on any atom is -0.363 e. The Hall–Kier alpha value is -4.28. The first-order valence-electron chi connectivity index (χ1n) is 9.68. The second-order valence-corrected chi connectivity index (χ2v) is 8.58. The topological polar surface area (TPSA) is 154 Å². The van der Waals surface area contributed by atoms with Gasteiger partial charge in [-0.25, -0.2) is 13.6 Å². The Morgan fingerprint density at radius 1 is 1.00 bits per heavy atom. The Kier molecular flexibility index (Phi) is 6.03. The molecule has 33 heavy (non-hydrogen) atoms. The number of nitrogens with two attached hydrogens (primary N) is 2. The maximum absolute atomic E-state index is 12.9. The summed E-state index contributed by atoms with van der Waals surface area (Å²) in [5.41, 5.74) is 3.66. The van der Waals surface area contributed by atoms with Crippen molar-refractivity contribution in [1.29, 1.82) is 0 Å². The first-order valence-corrected chi connectivity index (χ1v) is 11.2. The predicted molar refractivity (Wildman–Crippen MR) is 125 cm³/mol. The Balaban J connectivity index is 1.57. The van der Waals surface area contributed by atoms with E-state index in [1.54, 1.807) is 60.7 Å². The molecule has 0 atom stereocenters. The van der Waals surface area contributed by atoms with E-state index in [4.69, 9.17) is 15.5 Å². The molecule has 166 valence electrons. The van der Waals surface area contributed by atoms with E-state index in [9.17, 15) is 13.2 Å². The standard InChI is InChI=1S/C23H19N5O4S/c24-26-13-15-4-3-5-17(12-15)22-20(14-32-28-22)23(29)27-18-10-8-16(9-11-18)19-6-1-2-7-21(19)33(25,30)31/h1-14H,24H2,(H,27,29)(H2,25,30,31)/b26-13+. The van der Waals surface area contributed by atoms with Crippen LogP contribution in [0, 0.1) is 0 Å². The van der Waals surface area contributed by atoms with Gasteiger partial charge in [0.2, 0.25) is 10.0 Å². The molecule has 1 aromatic heterocycles. The third kappa shape index (κ3) is 4.81. The van der Waals surface area contributed by atoms with Gasteiger partial charge < -0.3 is 15.7 Å². The van der Waals surface area contributed by atoms with Crippen LogP contribution in [-0.2, 0) is 10.0 Å². The predicted octanol–water partition coefficient (Wildman–Crippen LogP) is 3.20. The molecule has 0 spiro atoms. The molecular weight excluding hydrogens is 442 g/mol. The first-order chi connectivity index (χ1) is 15.9. The van der Waals surface area contributed by atoms with E-state index in [2.05, 4.69) is 15.6 Å². The fourth-order valence-corrected chi connectivity index (χ4v) is 4.10. The van der Waals surface area contributed by atoms with E-state index in [0.717, 1.165) is 5.56 Å². The molecular formula is C23H19N5O4S. The fraction of sp³-hybridized carbons (Fsp3) is 0. The summed E-state index contributed by atoms with van der Waals surface area (Å²) in [4.78, 5) is 12.9. The summed E-state index contributed by atoms with van der Waals surface area (Å²) in [6.07, 6.45) is 2.75. The van der Waals surface area contributed by atoms with Crippen LogP contribution in [0.5, 0.6) is 0 Å². The minimum atomic E-state index is -3.88. The molecule has 0 aliphatic carbocycles. The molecule has 4 aromatic rings. The lowest BCUT2D eigenvalue weighted by molar-refractivity contribution is 0.102. The largest absolute Gasteiger partial charge is 0.363 e. The second kappa shape index (κ2) is 9.07. The van der Waals surface area contributed by atoms with Crippen LogP contribution in [0.4, 0.5) is 5.69 Å². The molecule has 0 radical (unpaired) electrons. The van der Waals surface area contributed by atoms with Gasteiger partial charge in [-0.2, -0.15) is 5.10 Å². The third-order valence-electron chi connectivity index (χ3n) is 4.85. The van der Waals surface area contributed by atoms with Crippen molar-refractivity contribution in [2.75, 3.05) is 5.32 Å². The monoisotopic (exact) mass is 461 g/mol. The van der Waals surface area contributed by atoms with Crippen molar-refractivity contribution in [2.24, 2.45) is 16.1 Å². The molecule has 5 N–H and O–H groups in total. The molecule has 0 saturated carbocycles. The highest BCUT2D eigenvalue weighted by Gasteiger charge is 2.19. The maximum atomic E-state index is 12.9. The van der Waals surface area contributed by atoms with Gasteiger partial charge in [0, 0.05) is 16.8 Å². The second-order valence-electron chi connectivity index (χ2n) is 7.05. The number of hydrogen-bond donors (Lipinski definition) is 3. The van der Waals surface area contributed by atoms with Crippen molar-refractivity contribution in [1.82, 2.24) is 5.16 Å². The van der Waals surface area contributed by atoms with Crippen molar-refractivity contribution in [3.8, 4) is 22.4 Å². The lowest BCUT2D eigenvalue weighted by Gasteiger charge is -2.09. The summed E-state index contributed by atoms with van der Waals surface area (Å²) in [6.45, 7) is 0. The van der Waals surface area contributed by atoms with Gasteiger partial charge in [0.25, 0.3) is 5.91 Å². The highest BCUT2D eigenvalue weighted by Crippen LogP contribution is 2.28. The van der Waals surface area contributed by atoms with Crippen LogP contribution >= 0.6 is 0 Å². The highest BCUT2D eigenvalue weighted by atomic mass is 32.2.